The number of aliphatic hydroxyl groups excluding tert-OH is 1. The zero-order valence-corrected chi connectivity index (χ0v) is 13.0. The van der Waals surface area contributed by atoms with Gasteiger partial charge in [-0.1, -0.05) is 29.6 Å². The average molecular weight is 339 g/mol. The number of aliphatic hydroxyl groups is 1. The van der Waals surface area contributed by atoms with Gasteiger partial charge in [0, 0.05) is 12.6 Å². The van der Waals surface area contributed by atoms with Crippen LogP contribution in [0.5, 0.6) is 0 Å². The van der Waals surface area contributed by atoms with Crippen molar-refractivity contribution in [1.82, 2.24) is 4.31 Å². The lowest BCUT2D eigenvalue weighted by Crippen LogP contribution is -2.45. The maximum Gasteiger partial charge on any atom is 0.244 e. The molecule has 1 aromatic rings. The van der Waals surface area contributed by atoms with Gasteiger partial charge in [-0.3, -0.25) is 0 Å². The van der Waals surface area contributed by atoms with Crippen LogP contribution < -0.4 is 5.73 Å². The summed E-state index contributed by atoms with van der Waals surface area (Å²) in [5.41, 5.74) is 5.73. The first-order valence-corrected chi connectivity index (χ1v) is 8.45. The SMILES string of the molecule is Nc1c(Cl)ccc(S(=O)(=O)N2CCCCC2CO)c1Cl. The van der Waals surface area contributed by atoms with E-state index in [-0.39, 0.29) is 27.2 Å². The molecule has 0 bridgehead atoms. The van der Waals surface area contributed by atoms with Gasteiger partial charge >= 0.3 is 0 Å². The highest BCUT2D eigenvalue weighted by Crippen LogP contribution is 2.36. The van der Waals surface area contributed by atoms with E-state index in [9.17, 15) is 13.5 Å². The van der Waals surface area contributed by atoms with Crippen LogP contribution in [0.1, 0.15) is 19.3 Å². The van der Waals surface area contributed by atoms with Gasteiger partial charge < -0.3 is 10.8 Å². The Bertz CT molecular complexity index is 607. The lowest BCUT2D eigenvalue weighted by Gasteiger charge is -2.33. The predicted molar refractivity (Wildman–Crippen MR) is 79.5 cm³/mol. The Morgan fingerprint density at radius 2 is 2.05 bits per heavy atom. The molecule has 0 radical (unpaired) electrons. The summed E-state index contributed by atoms with van der Waals surface area (Å²) >= 11 is 11.8. The fourth-order valence-corrected chi connectivity index (χ4v) is 4.77. The molecule has 1 heterocycles. The molecule has 1 aliphatic heterocycles. The minimum Gasteiger partial charge on any atom is -0.396 e. The Hall–Kier alpha value is -0.530. The second-order valence-electron chi connectivity index (χ2n) is 4.72. The summed E-state index contributed by atoms with van der Waals surface area (Å²) in [6.07, 6.45) is 2.29. The van der Waals surface area contributed by atoms with Crippen molar-refractivity contribution in [3.8, 4) is 0 Å². The molecular weight excluding hydrogens is 323 g/mol. The van der Waals surface area contributed by atoms with Gasteiger partial charge in [0.25, 0.3) is 0 Å². The molecule has 112 valence electrons. The molecule has 1 atom stereocenters. The van der Waals surface area contributed by atoms with E-state index in [1.165, 1.54) is 16.4 Å². The van der Waals surface area contributed by atoms with Crippen molar-refractivity contribution in [2.75, 3.05) is 18.9 Å². The Labute approximate surface area is 128 Å². The van der Waals surface area contributed by atoms with Gasteiger partial charge in [-0.25, -0.2) is 8.42 Å². The van der Waals surface area contributed by atoms with Gasteiger partial charge in [0.2, 0.25) is 10.0 Å². The molecule has 0 aromatic heterocycles. The highest BCUT2D eigenvalue weighted by atomic mass is 35.5. The molecule has 20 heavy (non-hydrogen) atoms. The average Bonchev–Trinajstić information content (AvgIpc) is 2.44. The van der Waals surface area contributed by atoms with Crippen LogP contribution in [0.15, 0.2) is 17.0 Å². The van der Waals surface area contributed by atoms with Crippen molar-refractivity contribution in [3.63, 3.8) is 0 Å². The van der Waals surface area contributed by atoms with Crippen molar-refractivity contribution in [2.45, 2.75) is 30.2 Å². The van der Waals surface area contributed by atoms with Crippen LogP contribution in [0, 0.1) is 0 Å². The van der Waals surface area contributed by atoms with E-state index in [4.69, 9.17) is 28.9 Å². The van der Waals surface area contributed by atoms with Crippen LogP contribution in [0.2, 0.25) is 10.0 Å². The van der Waals surface area contributed by atoms with Gasteiger partial charge in [-0.05, 0) is 25.0 Å². The van der Waals surface area contributed by atoms with E-state index in [1.807, 2.05) is 0 Å². The molecule has 1 aromatic carbocycles. The molecule has 8 heteroatoms. The predicted octanol–water partition coefficient (Wildman–Crippen LogP) is 2.11. The summed E-state index contributed by atoms with van der Waals surface area (Å²) in [4.78, 5) is -0.0681. The molecule has 1 fully saturated rings. The summed E-state index contributed by atoms with van der Waals surface area (Å²) < 4.78 is 26.6. The Morgan fingerprint density at radius 1 is 1.35 bits per heavy atom. The standard InChI is InChI=1S/C12H16Cl2N2O3S/c13-9-4-5-10(11(14)12(9)15)20(18,19)16-6-2-1-3-8(16)7-17/h4-5,8,17H,1-3,6-7,15H2. The third kappa shape index (κ3) is 2.76. The Morgan fingerprint density at radius 3 is 2.70 bits per heavy atom. The molecule has 1 unspecified atom stereocenters. The summed E-state index contributed by atoms with van der Waals surface area (Å²) in [6.45, 7) is 0.159. The third-order valence-corrected chi connectivity index (χ3v) is 6.30. The highest BCUT2D eigenvalue weighted by Gasteiger charge is 2.34. The first-order valence-electron chi connectivity index (χ1n) is 6.25. The van der Waals surface area contributed by atoms with E-state index in [0.717, 1.165) is 12.8 Å². The van der Waals surface area contributed by atoms with Gasteiger partial charge in [-0.15, -0.1) is 0 Å². The zero-order valence-electron chi connectivity index (χ0n) is 10.7. The lowest BCUT2D eigenvalue weighted by molar-refractivity contribution is 0.155. The summed E-state index contributed by atoms with van der Waals surface area (Å²) in [5, 5.41) is 9.50. The molecule has 5 nitrogen and oxygen atoms in total. The van der Waals surface area contributed by atoms with E-state index in [0.29, 0.717) is 13.0 Å². The van der Waals surface area contributed by atoms with Crippen molar-refractivity contribution < 1.29 is 13.5 Å². The van der Waals surface area contributed by atoms with E-state index >= 15 is 0 Å². The second kappa shape index (κ2) is 6.07. The van der Waals surface area contributed by atoms with E-state index in [1.54, 1.807) is 0 Å². The molecule has 0 aliphatic carbocycles. The number of hydrogen-bond acceptors (Lipinski definition) is 4. The smallest absolute Gasteiger partial charge is 0.244 e. The lowest BCUT2D eigenvalue weighted by atomic mass is 10.1. The first-order chi connectivity index (χ1) is 9.39. The fraction of sp³-hybridized carbons (Fsp3) is 0.500. The summed E-state index contributed by atoms with van der Waals surface area (Å²) in [6, 6.07) is 2.34. The monoisotopic (exact) mass is 338 g/mol. The second-order valence-corrected chi connectivity index (χ2v) is 7.37. The number of nitrogens with zero attached hydrogens (tertiary/aromatic N) is 1. The molecular formula is C12H16Cl2N2O3S. The molecule has 3 N–H and O–H groups in total. The van der Waals surface area contributed by atoms with Crippen LogP contribution in [0.3, 0.4) is 0 Å². The first kappa shape index (κ1) is 15.9. The largest absolute Gasteiger partial charge is 0.396 e. The van der Waals surface area contributed by atoms with Crippen molar-refractivity contribution in [1.29, 1.82) is 0 Å². The molecule has 1 aliphatic rings. The minimum atomic E-state index is -3.79. The molecule has 0 spiro atoms. The van der Waals surface area contributed by atoms with Gasteiger partial charge in [0.05, 0.1) is 22.3 Å². The fourth-order valence-electron chi connectivity index (χ4n) is 2.35. The molecule has 0 amide bonds. The van der Waals surface area contributed by atoms with Crippen LogP contribution in [-0.4, -0.2) is 37.0 Å². The van der Waals surface area contributed by atoms with Crippen LogP contribution in [0.25, 0.3) is 0 Å². The number of anilines is 1. The molecule has 0 saturated carbocycles. The molecule has 2 rings (SSSR count). The number of hydrogen-bond donors (Lipinski definition) is 2. The van der Waals surface area contributed by atoms with Gasteiger partial charge in [0.15, 0.2) is 0 Å². The number of sulfonamides is 1. The van der Waals surface area contributed by atoms with Crippen LogP contribution in [-0.2, 0) is 10.0 Å². The highest BCUT2D eigenvalue weighted by molar-refractivity contribution is 7.89. The summed E-state index contributed by atoms with van der Waals surface area (Å²) in [5.74, 6) is 0. The quantitative estimate of drug-likeness (QED) is 0.826. The van der Waals surface area contributed by atoms with E-state index < -0.39 is 16.1 Å². The Balaban J connectivity index is 2.47. The number of nitrogens with two attached hydrogens (primary N) is 1. The van der Waals surface area contributed by atoms with Crippen molar-refractivity contribution >= 4 is 38.9 Å². The van der Waals surface area contributed by atoms with Crippen LogP contribution >= 0.6 is 23.2 Å². The topological polar surface area (TPSA) is 83.6 Å². The number of benzene rings is 1. The normalized spacial score (nSPS) is 21.1. The number of nitrogen functional groups attached to an aromatic ring is 1. The Kier molecular flexibility index (Phi) is 4.81. The number of rotatable bonds is 3. The van der Waals surface area contributed by atoms with E-state index in [2.05, 4.69) is 0 Å². The summed E-state index contributed by atoms with van der Waals surface area (Å²) in [7, 11) is -3.79. The van der Waals surface area contributed by atoms with Gasteiger partial charge in [0.1, 0.15) is 4.90 Å². The number of halogens is 2. The van der Waals surface area contributed by atoms with Crippen molar-refractivity contribution in [2.24, 2.45) is 0 Å². The maximum atomic E-state index is 12.7. The zero-order chi connectivity index (χ0) is 14.9. The van der Waals surface area contributed by atoms with Gasteiger partial charge in [-0.2, -0.15) is 4.31 Å². The third-order valence-electron chi connectivity index (χ3n) is 3.46. The maximum absolute atomic E-state index is 12.7. The number of piperidine rings is 1. The van der Waals surface area contributed by atoms with Crippen molar-refractivity contribution in [3.05, 3.63) is 22.2 Å². The molecule has 1 saturated heterocycles. The van der Waals surface area contributed by atoms with Crippen LogP contribution in [0.4, 0.5) is 5.69 Å². The minimum absolute atomic E-state index is 0.0481.